The van der Waals surface area contributed by atoms with E-state index in [1.807, 2.05) is 0 Å². The smallest absolute Gasteiger partial charge is 0.0861 e. The second-order valence-corrected chi connectivity index (χ2v) is 1.81. The third kappa shape index (κ3) is 0.533. The second kappa shape index (κ2) is 1.58. The van der Waals surface area contributed by atoms with Crippen LogP contribution in [0.3, 0.4) is 0 Å². The molecule has 6 heavy (non-hydrogen) atoms. The Morgan fingerprint density at radius 1 is 1.67 bits per heavy atom. The van der Waals surface area contributed by atoms with Crippen molar-refractivity contribution >= 4 is 0 Å². The first-order chi connectivity index (χ1) is 2.93. The highest BCUT2D eigenvalue weighted by Crippen LogP contribution is 1.89. The average Bonchev–Trinajstić information content (AvgIpc) is 1.31. The Bertz CT molecular complexity index is 40.1. The standard InChI is InChI=1S/C4H9NO/c6-3-4-1-5-2-4/h4-6H,1-3H2/p+1. The Morgan fingerprint density at radius 2 is 2.33 bits per heavy atom. The summed E-state index contributed by atoms with van der Waals surface area (Å²) < 4.78 is 0. The van der Waals surface area contributed by atoms with E-state index in [1.54, 1.807) is 0 Å². The Labute approximate surface area is 37.2 Å². The highest BCUT2D eigenvalue weighted by molar-refractivity contribution is 4.56. The molecule has 1 fully saturated rings. The molecule has 1 rings (SSSR count). The molecule has 0 bridgehead atoms. The first kappa shape index (κ1) is 4.09. The van der Waals surface area contributed by atoms with E-state index in [-0.39, 0.29) is 0 Å². The molecule has 0 atom stereocenters. The monoisotopic (exact) mass is 88.1 g/mol. The van der Waals surface area contributed by atoms with Crippen LogP contribution in [0.1, 0.15) is 0 Å². The van der Waals surface area contributed by atoms with Crippen LogP contribution in [0, 0.1) is 5.92 Å². The fraction of sp³-hybridized carbons (Fsp3) is 1.00. The summed E-state index contributed by atoms with van der Waals surface area (Å²) >= 11 is 0. The molecule has 0 amide bonds. The maximum absolute atomic E-state index is 8.37. The number of rotatable bonds is 1. The maximum Gasteiger partial charge on any atom is 0.0861 e. The van der Waals surface area contributed by atoms with Crippen molar-refractivity contribution in [1.82, 2.24) is 0 Å². The van der Waals surface area contributed by atoms with Crippen molar-refractivity contribution < 1.29 is 10.4 Å². The average molecular weight is 88.1 g/mol. The molecule has 1 aliphatic rings. The summed E-state index contributed by atoms with van der Waals surface area (Å²) in [5.41, 5.74) is 0. The Kier molecular flexibility index (Phi) is 1.08. The van der Waals surface area contributed by atoms with E-state index in [0.717, 1.165) is 13.1 Å². The molecule has 2 heteroatoms. The molecular weight excluding hydrogens is 78.0 g/mol. The molecule has 1 aliphatic heterocycles. The minimum atomic E-state index is 0.385. The van der Waals surface area contributed by atoms with E-state index in [0.29, 0.717) is 12.5 Å². The molecule has 0 aromatic rings. The molecule has 0 aromatic carbocycles. The Hall–Kier alpha value is -0.0800. The van der Waals surface area contributed by atoms with E-state index in [4.69, 9.17) is 5.11 Å². The highest BCUT2D eigenvalue weighted by Gasteiger charge is 2.19. The van der Waals surface area contributed by atoms with Gasteiger partial charge >= 0.3 is 0 Å². The zero-order chi connectivity index (χ0) is 4.41. The summed E-state index contributed by atoms with van der Waals surface area (Å²) in [6, 6.07) is 0. The number of aliphatic hydroxyl groups excluding tert-OH is 1. The number of hydrogen-bond donors (Lipinski definition) is 2. The first-order valence-corrected chi connectivity index (χ1v) is 2.36. The lowest BCUT2D eigenvalue weighted by Gasteiger charge is -2.19. The van der Waals surface area contributed by atoms with Gasteiger partial charge in [0.2, 0.25) is 0 Å². The van der Waals surface area contributed by atoms with Gasteiger partial charge in [0.1, 0.15) is 0 Å². The van der Waals surface area contributed by atoms with Gasteiger partial charge in [-0.05, 0) is 0 Å². The molecule has 36 valence electrons. The largest absolute Gasteiger partial charge is 0.396 e. The van der Waals surface area contributed by atoms with Gasteiger partial charge in [0, 0.05) is 0 Å². The van der Waals surface area contributed by atoms with Crippen LogP contribution in [0.15, 0.2) is 0 Å². The van der Waals surface area contributed by atoms with Crippen molar-refractivity contribution in [3.05, 3.63) is 0 Å². The molecule has 3 N–H and O–H groups in total. The number of quaternary nitrogens is 1. The van der Waals surface area contributed by atoms with Crippen LogP contribution in [0.2, 0.25) is 0 Å². The number of nitrogens with two attached hydrogens (primary N) is 1. The molecule has 0 aliphatic carbocycles. The molecule has 0 radical (unpaired) electrons. The Balaban J connectivity index is 2.01. The first-order valence-electron chi connectivity index (χ1n) is 2.36. The van der Waals surface area contributed by atoms with Crippen molar-refractivity contribution in [2.75, 3.05) is 19.7 Å². The van der Waals surface area contributed by atoms with Gasteiger partial charge in [-0.1, -0.05) is 0 Å². The van der Waals surface area contributed by atoms with Crippen LogP contribution in [-0.2, 0) is 0 Å². The van der Waals surface area contributed by atoms with Gasteiger partial charge in [-0.2, -0.15) is 0 Å². The van der Waals surface area contributed by atoms with Crippen molar-refractivity contribution in [3.8, 4) is 0 Å². The van der Waals surface area contributed by atoms with E-state index in [9.17, 15) is 0 Å². The van der Waals surface area contributed by atoms with Crippen molar-refractivity contribution in [3.63, 3.8) is 0 Å². The van der Waals surface area contributed by atoms with Gasteiger partial charge in [-0.3, -0.25) is 0 Å². The molecule has 1 heterocycles. The third-order valence-corrected chi connectivity index (χ3v) is 1.26. The topological polar surface area (TPSA) is 36.8 Å². The summed E-state index contributed by atoms with van der Waals surface area (Å²) in [6.07, 6.45) is 0. The summed E-state index contributed by atoms with van der Waals surface area (Å²) in [6.45, 7) is 2.66. The molecule has 0 unspecified atom stereocenters. The fourth-order valence-electron chi connectivity index (χ4n) is 0.551. The van der Waals surface area contributed by atoms with Crippen LogP contribution < -0.4 is 5.32 Å². The number of hydrogen-bond acceptors (Lipinski definition) is 1. The van der Waals surface area contributed by atoms with Crippen LogP contribution in [0.4, 0.5) is 0 Å². The summed E-state index contributed by atoms with van der Waals surface area (Å²) in [5, 5.41) is 10.6. The van der Waals surface area contributed by atoms with Crippen LogP contribution in [0.25, 0.3) is 0 Å². The lowest BCUT2D eigenvalue weighted by atomic mass is 10.1. The maximum atomic E-state index is 8.37. The normalized spacial score (nSPS) is 23.5. The molecule has 0 aromatic heterocycles. The zero-order valence-corrected chi connectivity index (χ0v) is 3.72. The van der Waals surface area contributed by atoms with Gasteiger partial charge in [0.05, 0.1) is 25.6 Å². The minimum Gasteiger partial charge on any atom is -0.396 e. The summed E-state index contributed by atoms with van der Waals surface area (Å²) in [4.78, 5) is 0. The van der Waals surface area contributed by atoms with Gasteiger partial charge in [-0.15, -0.1) is 0 Å². The predicted octanol–water partition coefficient (Wildman–Crippen LogP) is -1.83. The van der Waals surface area contributed by atoms with E-state index < -0.39 is 0 Å². The molecule has 0 saturated carbocycles. The zero-order valence-electron chi connectivity index (χ0n) is 3.72. The van der Waals surface area contributed by atoms with Gasteiger partial charge in [0.15, 0.2) is 0 Å². The quantitative estimate of drug-likeness (QED) is 0.389. The number of aliphatic hydroxyl groups is 1. The van der Waals surface area contributed by atoms with Gasteiger partial charge in [0.25, 0.3) is 0 Å². The van der Waals surface area contributed by atoms with Crippen LogP contribution in [0.5, 0.6) is 0 Å². The molecule has 2 nitrogen and oxygen atoms in total. The van der Waals surface area contributed by atoms with E-state index in [1.165, 1.54) is 0 Å². The lowest BCUT2D eigenvalue weighted by molar-refractivity contribution is -0.723. The van der Waals surface area contributed by atoms with E-state index >= 15 is 0 Å². The Morgan fingerprint density at radius 3 is 2.33 bits per heavy atom. The second-order valence-electron chi connectivity index (χ2n) is 1.81. The minimum absolute atomic E-state index is 0.385. The van der Waals surface area contributed by atoms with Crippen molar-refractivity contribution in [2.24, 2.45) is 5.92 Å². The fourth-order valence-corrected chi connectivity index (χ4v) is 0.551. The molecule has 0 spiro atoms. The summed E-state index contributed by atoms with van der Waals surface area (Å²) in [5.74, 6) is 0.616. The predicted molar refractivity (Wildman–Crippen MR) is 22.2 cm³/mol. The van der Waals surface area contributed by atoms with E-state index in [2.05, 4.69) is 5.32 Å². The third-order valence-electron chi connectivity index (χ3n) is 1.26. The van der Waals surface area contributed by atoms with Crippen molar-refractivity contribution in [2.45, 2.75) is 0 Å². The van der Waals surface area contributed by atoms with Crippen LogP contribution in [-0.4, -0.2) is 24.8 Å². The van der Waals surface area contributed by atoms with Crippen molar-refractivity contribution in [1.29, 1.82) is 0 Å². The molecule has 1 saturated heterocycles. The lowest BCUT2D eigenvalue weighted by Crippen LogP contribution is -2.96. The van der Waals surface area contributed by atoms with Gasteiger partial charge < -0.3 is 10.4 Å². The summed E-state index contributed by atoms with van der Waals surface area (Å²) in [7, 11) is 0. The highest BCUT2D eigenvalue weighted by atomic mass is 16.3. The molecular formula is C4H10NO+. The van der Waals surface area contributed by atoms with Gasteiger partial charge in [-0.25, -0.2) is 0 Å². The van der Waals surface area contributed by atoms with Crippen LogP contribution >= 0.6 is 0 Å². The SMILES string of the molecule is OCC1C[NH2+]C1.